The molecule has 0 saturated carbocycles. The van der Waals surface area contributed by atoms with Gasteiger partial charge in [0.15, 0.2) is 0 Å². The standard InChI is InChI=1S/C18H24N6O4/c1-5-22(6-2)15-8-7-14(16(25)9-15)10-19-20-17(26)11-23-13(4)18(24(27)28)12(3)21-23/h7-10,25H,5-6,11H2,1-4H3,(H,20,26). The van der Waals surface area contributed by atoms with Crippen molar-refractivity contribution in [3.63, 3.8) is 0 Å². The predicted octanol–water partition coefficient (Wildman–Crippen LogP) is 0.188. The van der Waals surface area contributed by atoms with Crippen LogP contribution in [0.3, 0.4) is 0 Å². The summed E-state index contributed by atoms with van der Waals surface area (Å²) >= 11 is 0. The lowest BCUT2D eigenvalue weighted by Crippen LogP contribution is -3.06. The van der Waals surface area contributed by atoms with E-state index in [0.29, 0.717) is 5.56 Å². The molecule has 1 aromatic heterocycles. The van der Waals surface area contributed by atoms with Crippen LogP contribution in [0.1, 0.15) is 30.8 Å². The largest absolute Gasteiger partial charge is 0.872 e. The van der Waals surface area contributed by atoms with Gasteiger partial charge >= 0.3 is 5.69 Å². The average molecular weight is 388 g/mol. The molecular formula is C18H24N6O4. The molecule has 10 heteroatoms. The summed E-state index contributed by atoms with van der Waals surface area (Å²) in [6, 6.07) is 5.10. The van der Waals surface area contributed by atoms with Crippen molar-refractivity contribution in [3.8, 4) is 5.75 Å². The van der Waals surface area contributed by atoms with E-state index >= 15 is 0 Å². The number of rotatable bonds is 8. The van der Waals surface area contributed by atoms with Crippen molar-refractivity contribution in [2.45, 2.75) is 34.2 Å². The Hall–Kier alpha value is -3.27. The van der Waals surface area contributed by atoms with Gasteiger partial charge in [0.2, 0.25) is 0 Å². The summed E-state index contributed by atoms with van der Waals surface area (Å²) in [7, 11) is 0. The van der Waals surface area contributed by atoms with E-state index in [1.807, 2.05) is 19.9 Å². The first kappa shape index (κ1) is 21.0. The van der Waals surface area contributed by atoms with E-state index in [-0.39, 0.29) is 29.4 Å². The van der Waals surface area contributed by atoms with Gasteiger partial charge in [0.1, 0.15) is 23.6 Å². The molecule has 0 radical (unpaired) electrons. The van der Waals surface area contributed by atoms with Gasteiger partial charge in [-0.05, 0) is 51.5 Å². The van der Waals surface area contributed by atoms with E-state index in [0.717, 1.165) is 18.8 Å². The van der Waals surface area contributed by atoms with E-state index in [1.165, 1.54) is 29.6 Å². The number of hydrogen-bond donors (Lipinski definition) is 2. The molecule has 0 spiro atoms. The van der Waals surface area contributed by atoms with E-state index in [1.54, 1.807) is 12.1 Å². The zero-order chi connectivity index (χ0) is 20.8. The first-order valence-electron chi connectivity index (χ1n) is 8.94. The zero-order valence-corrected chi connectivity index (χ0v) is 16.4. The fourth-order valence-electron chi connectivity index (χ4n) is 2.97. The van der Waals surface area contributed by atoms with E-state index in [2.05, 4.69) is 15.6 Å². The van der Waals surface area contributed by atoms with Gasteiger partial charge in [-0.2, -0.15) is 10.2 Å². The van der Waals surface area contributed by atoms with Gasteiger partial charge in [-0.1, -0.05) is 5.75 Å². The van der Waals surface area contributed by atoms with E-state index in [4.69, 9.17) is 0 Å². The minimum absolute atomic E-state index is 0.109. The van der Waals surface area contributed by atoms with Gasteiger partial charge < -0.3 is 10.0 Å². The second-order valence-corrected chi connectivity index (χ2v) is 6.29. The number of benzene rings is 1. The van der Waals surface area contributed by atoms with Gasteiger partial charge in [-0.25, -0.2) is 5.43 Å². The van der Waals surface area contributed by atoms with Crippen LogP contribution < -0.4 is 15.4 Å². The fraction of sp³-hybridized carbons (Fsp3) is 0.389. The number of nitrogens with one attached hydrogen (secondary N) is 2. The molecule has 2 rings (SSSR count). The lowest BCUT2D eigenvalue weighted by Gasteiger charge is -2.18. The van der Waals surface area contributed by atoms with Gasteiger partial charge in [-0.15, -0.1) is 0 Å². The highest BCUT2D eigenvalue weighted by atomic mass is 16.6. The van der Waals surface area contributed by atoms with E-state index in [9.17, 15) is 20.0 Å². The number of nitro groups is 1. The van der Waals surface area contributed by atoms with Gasteiger partial charge in [0.05, 0.1) is 24.2 Å². The predicted molar refractivity (Wildman–Crippen MR) is 102 cm³/mol. The molecule has 0 aliphatic carbocycles. The summed E-state index contributed by atoms with van der Waals surface area (Å²) in [6.07, 6.45) is 1.28. The number of hydrazone groups is 1. The Balaban J connectivity index is 2.02. The topological polar surface area (TPSA) is 130 Å². The Morgan fingerprint density at radius 1 is 1.36 bits per heavy atom. The SMILES string of the molecule is CC[NH+](CC)c1ccc(C=NNC(=O)Cn2nc(C)c([N+](=O)[O-])c2C)c([O-])c1. The van der Waals surface area contributed by atoms with Crippen molar-refractivity contribution in [1.29, 1.82) is 0 Å². The van der Waals surface area contributed by atoms with Crippen LogP contribution in [0.4, 0.5) is 11.4 Å². The molecule has 0 atom stereocenters. The second kappa shape index (κ2) is 9.09. The summed E-state index contributed by atoms with van der Waals surface area (Å²) < 4.78 is 1.25. The van der Waals surface area contributed by atoms with Crippen molar-refractivity contribution in [2.75, 3.05) is 13.1 Å². The van der Waals surface area contributed by atoms with Crippen LogP contribution in [-0.2, 0) is 11.3 Å². The molecule has 2 N–H and O–H groups in total. The quantitative estimate of drug-likeness (QED) is 0.379. The molecule has 0 aliphatic heterocycles. The molecule has 1 aromatic carbocycles. The molecular weight excluding hydrogens is 364 g/mol. The Labute approximate surface area is 162 Å². The Kier molecular flexibility index (Phi) is 6.83. The van der Waals surface area contributed by atoms with Crippen molar-refractivity contribution in [1.82, 2.24) is 15.2 Å². The monoisotopic (exact) mass is 388 g/mol. The number of quaternary nitrogens is 1. The van der Waals surface area contributed by atoms with Crippen LogP contribution in [0.25, 0.3) is 0 Å². The number of hydrogen-bond acceptors (Lipinski definition) is 6. The summed E-state index contributed by atoms with van der Waals surface area (Å²) in [5.41, 5.74) is 4.01. The van der Waals surface area contributed by atoms with Crippen molar-refractivity contribution in [3.05, 3.63) is 45.3 Å². The molecule has 1 amide bonds. The van der Waals surface area contributed by atoms with Crippen molar-refractivity contribution >= 4 is 23.5 Å². The highest BCUT2D eigenvalue weighted by Gasteiger charge is 2.22. The maximum absolute atomic E-state index is 12.2. The van der Waals surface area contributed by atoms with Crippen LogP contribution in [0.5, 0.6) is 5.75 Å². The molecule has 0 aliphatic rings. The first-order valence-corrected chi connectivity index (χ1v) is 8.94. The highest BCUT2D eigenvalue weighted by Crippen LogP contribution is 2.21. The lowest BCUT2D eigenvalue weighted by atomic mass is 10.2. The first-order chi connectivity index (χ1) is 13.3. The number of amides is 1. The fourth-order valence-corrected chi connectivity index (χ4v) is 2.97. The third-order valence-corrected chi connectivity index (χ3v) is 4.49. The minimum atomic E-state index is -0.524. The lowest BCUT2D eigenvalue weighted by molar-refractivity contribution is -0.828. The van der Waals surface area contributed by atoms with Crippen molar-refractivity contribution < 1.29 is 19.7 Å². The molecule has 28 heavy (non-hydrogen) atoms. The minimum Gasteiger partial charge on any atom is -0.872 e. The number of nitrogens with zero attached hydrogens (tertiary/aromatic N) is 4. The van der Waals surface area contributed by atoms with Crippen molar-refractivity contribution in [2.24, 2.45) is 5.10 Å². The molecule has 1 heterocycles. The molecule has 150 valence electrons. The summed E-state index contributed by atoms with van der Waals surface area (Å²) in [5.74, 6) is -0.683. The average Bonchev–Trinajstić information content (AvgIpc) is 2.91. The number of aromatic nitrogens is 2. The smallest absolute Gasteiger partial charge is 0.312 e. The number of carbonyl (C=O) groups is 1. The molecule has 2 aromatic rings. The maximum Gasteiger partial charge on any atom is 0.312 e. The highest BCUT2D eigenvalue weighted by molar-refractivity contribution is 5.85. The second-order valence-electron chi connectivity index (χ2n) is 6.29. The number of aryl methyl sites for hydroxylation is 1. The summed E-state index contributed by atoms with van der Waals surface area (Å²) in [6.45, 7) is 8.67. The van der Waals surface area contributed by atoms with Crippen LogP contribution in [0, 0.1) is 24.0 Å². The summed E-state index contributed by atoms with van der Waals surface area (Å²) in [4.78, 5) is 23.7. The summed E-state index contributed by atoms with van der Waals surface area (Å²) in [5, 5.41) is 31.0. The van der Waals surface area contributed by atoms with Crippen LogP contribution in [0.2, 0.25) is 0 Å². The third-order valence-electron chi connectivity index (χ3n) is 4.49. The van der Waals surface area contributed by atoms with E-state index < -0.39 is 10.8 Å². The van der Waals surface area contributed by atoms with Gasteiger partial charge in [0.25, 0.3) is 5.91 Å². The van der Waals surface area contributed by atoms with Gasteiger partial charge in [-0.3, -0.25) is 19.6 Å². The molecule has 0 fully saturated rings. The Morgan fingerprint density at radius 3 is 2.57 bits per heavy atom. The maximum atomic E-state index is 12.2. The third kappa shape index (κ3) is 4.71. The Bertz CT molecular complexity index is 902. The zero-order valence-electron chi connectivity index (χ0n) is 16.4. The molecule has 0 saturated heterocycles. The van der Waals surface area contributed by atoms with Crippen LogP contribution >= 0.6 is 0 Å². The number of carbonyl (C=O) groups excluding carboxylic acids is 1. The normalized spacial score (nSPS) is 11.3. The van der Waals surface area contributed by atoms with Crippen LogP contribution in [0.15, 0.2) is 23.3 Å². The van der Waals surface area contributed by atoms with Crippen LogP contribution in [-0.4, -0.2) is 39.9 Å². The molecule has 0 unspecified atom stereocenters. The molecule has 0 bridgehead atoms. The molecule has 10 nitrogen and oxygen atoms in total. The van der Waals surface area contributed by atoms with Gasteiger partial charge in [0, 0.05) is 0 Å². The Morgan fingerprint density at radius 2 is 2.04 bits per heavy atom.